The highest BCUT2D eigenvalue weighted by Gasteiger charge is 2.52. The fourth-order valence-electron chi connectivity index (χ4n) is 2.26. The van der Waals surface area contributed by atoms with Crippen molar-refractivity contribution in [3.05, 3.63) is 44.0 Å². The van der Waals surface area contributed by atoms with Gasteiger partial charge in [-0.3, -0.25) is 4.79 Å². The number of thioether (sulfide) groups is 1. The molecule has 0 radical (unpaired) electrons. The largest absolute Gasteiger partial charge is 0.471 e. The Bertz CT molecular complexity index is 1000. The number of carbonyl (C=O) groups excluding carboxylic acids is 1. The summed E-state index contributed by atoms with van der Waals surface area (Å²) in [6.45, 7) is 0. The predicted molar refractivity (Wildman–Crippen MR) is 88.5 cm³/mol. The summed E-state index contributed by atoms with van der Waals surface area (Å²) >= 11 is 10.3. The first-order chi connectivity index (χ1) is 13.9. The minimum atomic E-state index is -5.54. The van der Waals surface area contributed by atoms with Crippen LogP contribution in [0.2, 0.25) is 10.0 Å². The normalized spacial score (nSPS) is 19.5. The molecule has 0 saturated carbocycles. The Balaban J connectivity index is 2.75. The lowest BCUT2D eigenvalue weighted by Gasteiger charge is -2.24. The van der Waals surface area contributed by atoms with Gasteiger partial charge in [-0.05, 0) is 23.9 Å². The Morgan fingerprint density at radius 2 is 1.58 bits per heavy atom. The molecule has 0 saturated heterocycles. The highest BCUT2D eigenvalue weighted by molar-refractivity contribution is 8.04. The second-order valence-corrected chi connectivity index (χ2v) is 7.40. The Labute approximate surface area is 179 Å². The van der Waals surface area contributed by atoms with Crippen molar-refractivity contribution in [1.29, 1.82) is 5.26 Å². The third-order valence-corrected chi connectivity index (χ3v) is 4.96. The standard InChI is InChI=1S/C14H3Cl2F9N4OS/c15-5-1-4(12(17,18)19)2-6(16)7(5)11(3-26)8(31-14(23,24)25)9(28-29-11)27-10(30)13(20,21)22/h1-2H,(H,27,30). The van der Waals surface area contributed by atoms with Crippen LogP contribution in [0.1, 0.15) is 11.1 Å². The zero-order chi connectivity index (χ0) is 24.0. The van der Waals surface area contributed by atoms with Gasteiger partial charge in [0, 0.05) is 15.6 Å². The van der Waals surface area contributed by atoms with Crippen LogP contribution in [0.4, 0.5) is 39.5 Å². The van der Waals surface area contributed by atoms with Crippen molar-refractivity contribution in [2.24, 2.45) is 10.2 Å². The van der Waals surface area contributed by atoms with Crippen LogP contribution in [-0.2, 0) is 16.5 Å². The summed E-state index contributed by atoms with van der Waals surface area (Å²) in [5.74, 6) is -4.14. The van der Waals surface area contributed by atoms with Crippen LogP contribution in [0, 0.1) is 11.3 Å². The average molecular weight is 517 g/mol. The van der Waals surface area contributed by atoms with E-state index < -0.39 is 73.0 Å². The number of carbonyl (C=O) groups is 1. The number of azo groups is 1. The van der Waals surface area contributed by atoms with Crippen LogP contribution in [0.15, 0.2) is 33.1 Å². The minimum absolute atomic E-state index is 0.236. The molecular formula is C14H3Cl2F9N4OS. The highest BCUT2D eigenvalue weighted by atomic mass is 35.5. The lowest BCUT2D eigenvalue weighted by molar-refractivity contribution is -0.172. The molecule has 5 nitrogen and oxygen atoms in total. The Morgan fingerprint density at radius 1 is 1.06 bits per heavy atom. The molecule has 0 aromatic heterocycles. The van der Waals surface area contributed by atoms with Crippen LogP contribution >= 0.6 is 35.0 Å². The quantitative estimate of drug-likeness (QED) is 0.479. The molecule has 0 bridgehead atoms. The summed E-state index contributed by atoms with van der Waals surface area (Å²) in [7, 11) is 0. The van der Waals surface area contributed by atoms with Crippen LogP contribution < -0.4 is 5.32 Å². The molecule has 2 rings (SSSR count). The summed E-state index contributed by atoms with van der Waals surface area (Å²) < 4.78 is 115. The van der Waals surface area contributed by atoms with Gasteiger partial charge in [0.15, 0.2) is 5.82 Å². The van der Waals surface area contributed by atoms with Crippen molar-refractivity contribution in [1.82, 2.24) is 5.32 Å². The second kappa shape index (κ2) is 8.06. The van der Waals surface area contributed by atoms with Gasteiger partial charge in [0.1, 0.15) is 6.07 Å². The molecule has 1 aliphatic heterocycles. The molecule has 31 heavy (non-hydrogen) atoms. The fourth-order valence-corrected chi connectivity index (χ4v) is 3.78. The van der Waals surface area contributed by atoms with Gasteiger partial charge in [0.25, 0.3) is 0 Å². The molecule has 1 amide bonds. The number of hydrogen-bond donors (Lipinski definition) is 1. The third kappa shape index (κ3) is 5.18. The number of halogens is 11. The molecule has 1 aromatic rings. The summed E-state index contributed by atoms with van der Waals surface area (Å²) in [6.07, 6.45) is -10.5. The van der Waals surface area contributed by atoms with Crippen molar-refractivity contribution >= 4 is 40.9 Å². The van der Waals surface area contributed by atoms with E-state index in [9.17, 15) is 49.6 Å². The number of nitriles is 1. The van der Waals surface area contributed by atoms with Gasteiger partial charge >= 0.3 is 23.8 Å². The third-order valence-electron chi connectivity index (χ3n) is 3.44. The van der Waals surface area contributed by atoms with Gasteiger partial charge in [-0.15, -0.1) is 5.11 Å². The molecule has 1 aliphatic rings. The molecule has 17 heteroatoms. The van der Waals surface area contributed by atoms with E-state index in [-0.39, 0.29) is 12.1 Å². The number of rotatable bonds is 3. The summed E-state index contributed by atoms with van der Waals surface area (Å²) in [4.78, 5) is 9.73. The molecule has 0 spiro atoms. The number of alkyl halides is 9. The van der Waals surface area contributed by atoms with Crippen molar-refractivity contribution in [3.63, 3.8) is 0 Å². The predicted octanol–water partition coefficient (Wildman–Crippen LogP) is 6.30. The number of nitrogens with one attached hydrogen (secondary N) is 1. The second-order valence-electron chi connectivity index (χ2n) is 5.51. The van der Waals surface area contributed by atoms with E-state index in [0.29, 0.717) is 0 Å². The van der Waals surface area contributed by atoms with Crippen molar-refractivity contribution in [3.8, 4) is 6.07 Å². The van der Waals surface area contributed by atoms with E-state index in [1.165, 1.54) is 6.07 Å². The molecule has 168 valence electrons. The number of hydrogen-bond acceptors (Lipinski definition) is 5. The van der Waals surface area contributed by atoms with Gasteiger partial charge < -0.3 is 5.32 Å². The van der Waals surface area contributed by atoms with E-state index in [1.54, 1.807) is 0 Å². The highest BCUT2D eigenvalue weighted by Crippen LogP contribution is 2.54. The van der Waals surface area contributed by atoms with E-state index in [4.69, 9.17) is 23.2 Å². The Kier molecular flexibility index (Phi) is 6.52. The smallest absolute Gasteiger partial charge is 0.301 e. The van der Waals surface area contributed by atoms with Crippen LogP contribution in [-0.4, -0.2) is 17.6 Å². The molecule has 1 atom stereocenters. The van der Waals surface area contributed by atoms with Crippen molar-refractivity contribution in [2.75, 3.05) is 0 Å². The molecule has 0 aliphatic carbocycles. The van der Waals surface area contributed by atoms with Gasteiger partial charge in [-0.1, -0.05) is 23.2 Å². The number of amides is 1. The molecule has 1 unspecified atom stereocenters. The maximum atomic E-state index is 13.1. The van der Waals surface area contributed by atoms with Crippen molar-refractivity contribution in [2.45, 2.75) is 23.4 Å². The van der Waals surface area contributed by atoms with Crippen LogP contribution in [0.3, 0.4) is 0 Å². The molecular weight excluding hydrogens is 514 g/mol. The van der Waals surface area contributed by atoms with Gasteiger partial charge in [0.05, 0.1) is 10.5 Å². The monoisotopic (exact) mass is 516 g/mol. The van der Waals surface area contributed by atoms with E-state index in [0.717, 1.165) is 5.32 Å². The Morgan fingerprint density at radius 3 is 1.97 bits per heavy atom. The van der Waals surface area contributed by atoms with Crippen LogP contribution in [0.25, 0.3) is 0 Å². The lowest BCUT2D eigenvalue weighted by atomic mass is 9.91. The van der Waals surface area contributed by atoms with E-state index in [1.807, 2.05) is 0 Å². The zero-order valence-corrected chi connectivity index (χ0v) is 16.3. The lowest BCUT2D eigenvalue weighted by Crippen LogP contribution is -2.36. The topological polar surface area (TPSA) is 77.6 Å². The zero-order valence-electron chi connectivity index (χ0n) is 14.0. The van der Waals surface area contributed by atoms with Gasteiger partial charge in [-0.2, -0.15) is 49.9 Å². The molecule has 0 fully saturated rings. The number of nitrogens with zero attached hydrogens (tertiary/aromatic N) is 3. The fraction of sp³-hybridized carbons (Fsp3) is 0.286. The molecule has 1 aromatic carbocycles. The van der Waals surface area contributed by atoms with E-state index >= 15 is 0 Å². The van der Waals surface area contributed by atoms with Crippen LogP contribution in [0.5, 0.6) is 0 Å². The molecule has 1 N–H and O–H groups in total. The first-order valence-electron chi connectivity index (χ1n) is 7.22. The van der Waals surface area contributed by atoms with E-state index in [2.05, 4.69) is 10.2 Å². The maximum absolute atomic E-state index is 13.1. The van der Waals surface area contributed by atoms with Gasteiger partial charge in [0.2, 0.25) is 5.54 Å². The minimum Gasteiger partial charge on any atom is -0.301 e. The average Bonchev–Trinajstić information content (AvgIpc) is 2.89. The number of benzene rings is 1. The maximum Gasteiger partial charge on any atom is 0.471 e. The van der Waals surface area contributed by atoms with Crippen molar-refractivity contribution < 1.29 is 44.3 Å². The summed E-state index contributed by atoms with van der Waals surface area (Å²) in [6, 6.07) is 1.70. The Hall–Kier alpha value is -2.18. The first kappa shape index (κ1) is 25.1. The van der Waals surface area contributed by atoms with Gasteiger partial charge in [-0.25, -0.2) is 0 Å². The SMILES string of the molecule is N#CC1(c2c(Cl)cc(C(F)(F)F)cc2Cl)N=NC(NC(=O)C(F)(F)F)=C1SC(F)(F)F. The summed E-state index contributed by atoms with van der Waals surface area (Å²) in [5.41, 5.74) is -10.6. The summed E-state index contributed by atoms with van der Waals surface area (Å²) in [5, 5.41) is 14.8. The molecule has 1 heterocycles. The first-order valence-corrected chi connectivity index (χ1v) is 8.79.